The predicted molar refractivity (Wildman–Crippen MR) is 91.8 cm³/mol. The zero-order valence-electron chi connectivity index (χ0n) is 13.0. The maximum absolute atomic E-state index is 6.26. The molecule has 0 saturated carbocycles. The third-order valence-electron chi connectivity index (χ3n) is 3.67. The Morgan fingerprint density at radius 2 is 1.81 bits per heavy atom. The number of ether oxygens (including phenoxy) is 1. The molecule has 112 valence electrons. The van der Waals surface area contributed by atoms with Gasteiger partial charge in [-0.3, -0.25) is 0 Å². The summed E-state index contributed by atoms with van der Waals surface area (Å²) < 4.78 is 7.30. The van der Waals surface area contributed by atoms with Crippen molar-refractivity contribution in [2.75, 3.05) is 0 Å². The van der Waals surface area contributed by atoms with Crippen LogP contribution < -0.4 is 10.5 Å². The van der Waals surface area contributed by atoms with Crippen molar-refractivity contribution >= 4 is 15.9 Å². The van der Waals surface area contributed by atoms with Gasteiger partial charge in [-0.15, -0.1) is 0 Å². The van der Waals surface area contributed by atoms with Gasteiger partial charge >= 0.3 is 0 Å². The zero-order chi connectivity index (χ0) is 15.6. The lowest BCUT2D eigenvalue weighted by Crippen LogP contribution is -2.29. The zero-order valence-corrected chi connectivity index (χ0v) is 14.6. The smallest absolute Gasteiger partial charge is 0.139 e. The summed E-state index contributed by atoms with van der Waals surface area (Å²) in [7, 11) is 0. The van der Waals surface area contributed by atoms with Crippen LogP contribution in [0.4, 0.5) is 0 Å². The molecule has 2 nitrogen and oxygen atoms in total. The molecule has 0 aromatic heterocycles. The molecule has 0 aliphatic heterocycles. The van der Waals surface area contributed by atoms with Gasteiger partial charge in [-0.05, 0) is 68.1 Å². The third-order valence-corrected chi connectivity index (χ3v) is 4.17. The normalized spacial score (nSPS) is 13.8. The molecule has 0 amide bonds. The highest BCUT2D eigenvalue weighted by atomic mass is 79.9. The van der Waals surface area contributed by atoms with E-state index in [0.717, 1.165) is 15.8 Å². The first-order valence-corrected chi connectivity index (χ1v) is 7.93. The van der Waals surface area contributed by atoms with E-state index in [2.05, 4.69) is 61.0 Å². The second kappa shape index (κ2) is 6.63. The minimum Gasteiger partial charge on any atom is -0.484 e. The summed E-state index contributed by atoms with van der Waals surface area (Å²) >= 11 is 3.51. The van der Waals surface area contributed by atoms with Gasteiger partial charge < -0.3 is 10.5 Å². The van der Waals surface area contributed by atoms with E-state index in [1.165, 1.54) is 16.7 Å². The summed E-state index contributed by atoms with van der Waals surface area (Å²) in [6.07, 6.45) is -0.164. The van der Waals surface area contributed by atoms with E-state index in [1.807, 2.05) is 19.1 Å². The molecule has 0 bridgehead atoms. The van der Waals surface area contributed by atoms with Gasteiger partial charge in [0.25, 0.3) is 0 Å². The number of hydrogen-bond acceptors (Lipinski definition) is 2. The first kappa shape index (κ1) is 16.1. The van der Waals surface area contributed by atoms with Crippen LogP contribution in [0.25, 0.3) is 0 Å². The molecule has 0 heterocycles. The topological polar surface area (TPSA) is 35.2 Å². The van der Waals surface area contributed by atoms with Crippen LogP contribution in [-0.2, 0) is 0 Å². The molecule has 0 spiro atoms. The second-order valence-electron chi connectivity index (χ2n) is 5.66. The largest absolute Gasteiger partial charge is 0.484 e. The summed E-state index contributed by atoms with van der Waals surface area (Å²) in [5.41, 5.74) is 10.8. The number of hydrogen-bond donors (Lipinski definition) is 1. The van der Waals surface area contributed by atoms with Crippen LogP contribution in [0, 0.1) is 20.8 Å². The Balaban J connectivity index is 2.38. The van der Waals surface area contributed by atoms with Gasteiger partial charge in [-0.2, -0.15) is 0 Å². The van der Waals surface area contributed by atoms with Gasteiger partial charge in [0.15, 0.2) is 0 Å². The average molecular weight is 348 g/mol. The molecule has 0 aliphatic carbocycles. The SMILES string of the molecule is Cc1cc(C)c(C)c(OC(c2cccc(Br)c2)C(C)N)c1. The molecule has 0 saturated heterocycles. The van der Waals surface area contributed by atoms with Crippen LogP contribution in [-0.4, -0.2) is 6.04 Å². The van der Waals surface area contributed by atoms with Gasteiger partial charge in [-0.25, -0.2) is 0 Å². The first-order valence-electron chi connectivity index (χ1n) is 7.14. The lowest BCUT2D eigenvalue weighted by Gasteiger charge is -2.25. The van der Waals surface area contributed by atoms with Gasteiger partial charge in [0.2, 0.25) is 0 Å². The van der Waals surface area contributed by atoms with Gasteiger partial charge in [0.1, 0.15) is 11.9 Å². The molecule has 2 aromatic rings. The second-order valence-corrected chi connectivity index (χ2v) is 6.57. The van der Waals surface area contributed by atoms with E-state index in [-0.39, 0.29) is 12.1 Å². The van der Waals surface area contributed by atoms with Crippen molar-refractivity contribution < 1.29 is 4.74 Å². The number of halogens is 1. The molecule has 2 rings (SSSR count). The maximum atomic E-state index is 6.26. The van der Waals surface area contributed by atoms with Crippen molar-refractivity contribution in [1.29, 1.82) is 0 Å². The Hall–Kier alpha value is -1.32. The van der Waals surface area contributed by atoms with E-state index < -0.39 is 0 Å². The van der Waals surface area contributed by atoms with Crippen LogP contribution in [0.1, 0.15) is 35.3 Å². The summed E-state index contributed by atoms with van der Waals surface area (Å²) in [5, 5.41) is 0. The maximum Gasteiger partial charge on any atom is 0.139 e. The molecule has 0 fully saturated rings. The average Bonchev–Trinajstić information content (AvgIpc) is 2.40. The number of rotatable bonds is 4. The monoisotopic (exact) mass is 347 g/mol. The fourth-order valence-electron chi connectivity index (χ4n) is 2.42. The third kappa shape index (κ3) is 3.86. The Bertz CT molecular complexity index is 637. The Morgan fingerprint density at radius 3 is 2.43 bits per heavy atom. The van der Waals surface area contributed by atoms with Crippen LogP contribution >= 0.6 is 15.9 Å². The minimum atomic E-state index is -0.164. The molecule has 2 unspecified atom stereocenters. The van der Waals surface area contributed by atoms with E-state index in [9.17, 15) is 0 Å². The quantitative estimate of drug-likeness (QED) is 0.858. The van der Waals surface area contributed by atoms with Crippen LogP contribution in [0.5, 0.6) is 5.75 Å². The molecule has 2 atom stereocenters. The van der Waals surface area contributed by atoms with Crippen molar-refractivity contribution in [3.63, 3.8) is 0 Å². The standard InChI is InChI=1S/C18H22BrNO/c1-11-8-12(2)13(3)17(9-11)21-18(14(4)20)15-6-5-7-16(19)10-15/h5-10,14,18H,20H2,1-4H3. The molecular weight excluding hydrogens is 326 g/mol. The summed E-state index contributed by atoms with van der Waals surface area (Å²) in [6.45, 7) is 8.25. The molecule has 0 radical (unpaired) electrons. The molecule has 3 heteroatoms. The molecule has 0 aliphatic rings. The van der Waals surface area contributed by atoms with Crippen molar-refractivity contribution in [1.82, 2.24) is 0 Å². The molecule has 2 N–H and O–H groups in total. The van der Waals surface area contributed by atoms with E-state index in [1.54, 1.807) is 0 Å². The van der Waals surface area contributed by atoms with E-state index >= 15 is 0 Å². The number of aryl methyl sites for hydroxylation is 2. The summed E-state index contributed by atoms with van der Waals surface area (Å²) in [5.74, 6) is 0.912. The van der Waals surface area contributed by atoms with Crippen molar-refractivity contribution in [2.45, 2.75) is 39.8 Å². The number of benzene rings is 2. The fraction of sp³-hybridized carbons (Fsp3) is 0.333. The highest BCUT2D eigenvalue weighted by Gasteiger charge is 2.20. The Morgan fingerprint density at radius 1 is 1.10 bits per heavy atom. The van der Waals surface area contributed by atoms with E-state index in [4.69, 9.17) is 10.5 Å². The lowest BCUT2D eigenvalue weighted by atomic mass is 10.0. The fourth-order valence-corrected chi connectivity index (χ4v) is 2.84. The Kier molecular flexibility index (Phi) is 5.07. The van der Waals surface area contributed by atoms with Crippen molar-refractivity contribution in [3.05, 3.63) is 63.1 Å². The Labute approximate surface area is 135 Å². The van der Waals surface area contributed by atoms with Crippen LogP contribution in [0.2, 0.25) is 0 Å². The summed E-state index contributed by atoms with van der Waals surface area (Å²) in [4.78, 5) is 0. The lowest BCUT2D eigenvalue weighted by molar-refractivity contribution is 0.179. The van der Waals surface area contributed by atoms with Gasteiger partial charge in [0, 0.05) is 10.5 Å². The van der Waals surface area contributed by atoms with Crippen LogP contribution in [0.3, 0.4) is 0 Å². The van der Waals surface area contributed by atoms with Gasteiger partial charge in [0.05, 0.1) is 0 Å². The minimum absolute atomic E-state index is 0.0977. The molecule has 21 heavy (non-hydrogen) atoms. The van der Waals surface area contributed by atoms with Crippen LogP contribution in [0.15, 0.2) is 40.9 Å². The summed E-state index contributed by atoms with van der Waals surface area (Å²) in [6, 6.07) is 12.3. The van der Waals surface area contributed by atoms with Gasteiger partial charge in [-0.1, -0.05) is 34.1 Å². The predicted octanol–water partition coefficient (Wildman–Crippen LogP) is 4.84. The van der Waals surface area contributed by atoms with Crippen molar-refractivity contribution in [3.8, 4) is 5.75 Å². The van der Waals surface area contributed by atoms with E-state index in [0.29, 0.717) is 0 Å². The molecular formula is C18H22BrNO. The number of nitrogens with two attached hydrogens (primary N) is 1. The first-order chi connectivity index (χ1) is 9.88. The highest BCUT2D eigenvalue weighted by Crippen LogP contribution is 2.30. The highest BCUT2D eigenvalue weighted by molar-refractivity contribution is 9.10. The molecule has 2 aromatic carbocycles. The van der Waals surface area contributed by atoms with Crippen molar-refractivity contribution in [2.24, 2.45) is 5.73 Å².